The third kappa shape index (κ3) is 2.03. The molecule has 4 rings (SSSR count). The van der Waals surface area contributed by atoms with E-state index >= 15 is 0 Å². The van der Waals surface area contributed by atoms with Gasteiger partial charge in [0.2, 0.25) is 0 Å². The third-order valence-electron chi connectivity index (χ3n) is 4.51. The van der Waals surface area contributed by atoms with E-state index in [4.69, 9.17) is 4.74 Å². The van der Waals surface area contributed by atoms with E-state index in [1.807, 2.05) is 30.5 Å². The van der Waals surface area contributed by atoms with Gasteiger partial charge in [-0.3, -0.25) is 4.79 Å². The highest BCUT2D eigenvalue weighted by atomic mass is 16.6. The lowest BCUT2D eigenvalue weighted by molar-refractivity contribution is -0.00497. The van der Waals surface area contributed by atoms with Gasteiger partial charge in [0.05, 0.1) is 24.2 Å². The Morgan fingerprint density at radius 3 is 3.05 bits per heavy atom. The molecule has 2 fully saturated rings. The van der Waals surface area contributed by atoms with Crippen LogP contribution in [0.25, 0.3) is 10.9 Å². The van der Waals surface area contributed by atoms with Crippen molar-refractivity contribution in [2.24, 2.45) is 0 Å². The minimum Gasteiger partial charge on any atom is -0.439 e. The van der Waals surface area contributed by atoms with Gasteiger partial charge in [-0.15, -0.1) is 0 Å². The number of aromatic amines is 1. The van der Waals surface area contributed by atoms with Gasteiger partial charge in [0, 0.05) is 18.1 Å². The summed E-state index contributed by atoms with van der Waals surface area (Å²) < 4.78 is 5.43. The zero-order valence-electron chi connectivity index (χ0n) is 12.1. The summed E-state index contributed by atoms with van der Waals surface area (Å²) in [7, 11) is 0. The summed E-state index contributed by atoms with van der Waals surface area (Å²) in [6, 6.07) is 7.65. The summed E-state index contributed by atoms with van der Waals surface area (Å²) in [6.07, 6.45) is 3.08. The highest BCUT2D eigenvalue weighted by molar-refractivity contribution is 6.05. The molecule has 2 aromatic rings. The van der Waals surface area contributed by atoms with E-state index in [2.05, 4.69) is 10.3 Å². The van der Waals surface area contributed by atoms with Crippen molar-refractivity contribution in [1.29, 1.82) is 0 Å². The van der Waals surface area contributed by atoms with Crippen molar-refractivity contribution in [2.75, 3.05) is 19.6 Å². The lowest BCUT2D eigenvalue weighted by Crippen LogP contribution is -2.52. The van der Waals surface area contributed by atoms with Crippen LogP contribution in [0.5, 0.6) is 0 Å². The first-order valence-corrected chi connectivity index (χ1v) is 7.49. The minimum atomic E-state index is -0.561. The summed E-state index contributed by atoms with van der Waals surface area (Å²) in [5, 5.41) is 3.72. The van der Waals surface area contributed by atoms with Crippen molar-refractivity contribution in [3.8, 4) is 0 Å². The summed E-state index contributed by atoms with van der Waals surface area (Å²) in [5.41, 5.74) is 0.958. The zero-order valence-corrected chi connectivity index (χ0v) is 12.1. The second-order valence-corrected chi connectivity index (χ2v) is 6.00. The lowest BCUT2D eigenvalue weighted by Gasteiger charge is -2.38. The number of fused-ring (bicyclic) bond motifs is 1. The Morgan fingerprint density at radius 1 is 1.32 bits per heavy atom. The molecule has 1 spiro atoms. The van der Waals surface area contributed by atoms with Gasteiger partial charge in [-0.05, 0) is 25.0 Å². The molecular formula is C16H17N3O3. The van der Waals surface area contributed by atoms with Crippen molar-refractivity contribution in [2.45, 2.75) is 18.4 Å². The SMILES string of the molecule is O=C1NCC2(CCCN(C(=O)c3cccc4cc[nH]c34)C2)O1. The molecule has 6 heteroatoms. The molecule has 114 valence electrons. The molecular weight excluding hydrogens is 282 g/mol. The summed E-state index contributed by atoms with van der Waals surface area (Å²) in [6.45, 7) is 1.61. The number of amides is 2. The molecule has 0 aliphatic carbocycles. The number of benzene rings is 1. The van der Waals surface area contributed by atoms with Crippen molar-refractivity contribution in [3.63, 3.8) is 0 Å². The van der Waals surface area contributed by atoms with Crippen LogP contribution in [0.2, 0.25) is 0 Å². The largest absolute Gasteiger partial charge is 0.439 e. The van der Waals surface area contributed by atoms with Crippen LogP contribution in [-0.4, -0.2) is 47.1 Å². The molecule has 22 heavy (non-hydrogen) atoms. The molecule has 0 radical (unpaired) electrons. The second-order valence-electron chi connectivity index (χ2n) is 6.00. The fourth-order valence-electron chi connectivity index (χ4n) is 3.43. The fraction of sp³-hybridized carbons (Fsp3) is 0.375. The number of carbonyl (C=O) groups is 2. The number of likely N-dealkylation sites (tertiary alicyclic amines) is 1. The number of hydrogen-bond donors (Lipinski definition) is 2. The number of hydrogen-bond acceptors (Lipinski definition) is 3. The highest BCUT2D eigenvalue weighted by Gasteiger charge is 2.45. The standard InChI is InChI=1S/C16H17N3O3/c20-14(12-4-1-3-11-5-7-17-13(11)12)19-8-2-6-16(10-19)9-18-15(21)22-16/h1,3-5,7,17H,2,6,8-10H2,(H,18,21). The topological polar surface area (TPSA) is 74.4 Å². The lowest BCUT2D eigenvalue weighted by atomic mass is 9.92. The van der Waals surface area contributed by atoms with Crippen molar-refractivity contribution in [1.82, 2.24) is 15.2 Å². The fourth-order valence-corrected chi connectivity index (χ4v) is 3.43. The van der Waals surface area contributed by atoms with Gasteiger partial charge in [0.25, 0.3) is 5.91 Å². The Hall–Kier alpha value is -2.50. The molecule has 1 aromatic heterocycles. The monoisotopic (exact) mass is 299 g/mol. The number of ether oxygens (including phenoxy) is 1. The molecule has 2 saturated heterocycles. The van der Waals surface area contributed by atoms with Gasteiger partial charge >= 0.3 is 6.09 Å². The number of piperidine rings is 1. The van der Waals surface area contributed by atoms with Gasteiger partial charge in [-0.25, -0.2) is 4.79 Å². The number of alkyl carbamates (subject to hydrolysis) is 1. The first-order chi connectivity index (χ1) is 10.7. The van der Waals surface area contributed by atoms with Crippen LogP contribution >= 0.6 is 0 Å². The van der Waals surface area contributed by atoms with E-state index in [1.54, 1.807) is 4.90 Å². The maximum atomic E-state index is 12.9. The number of rotatable bonds is 1. The number of carbonyl (C=O) groups excluding carboxylic acids is 2. The number of nitrogens with zero attached hydrogens (tertiary/aromatic N) is 1. The molecule has 0 bridgehead atoms. The Bertz CT molecular complexity index is 754. The minimum absolute atomic E-state index is 0.0185. The van der Waals surface area contributed by atoms with E-state index in [1.165, 1.54) is 0 Å². The summed E-state index contributed by atoms with van der Waals surface area (Å²) >= 11 is 0. The molecule has 1 atom stereocenters. The van der Waals surface area contributed by atoms with Crippen LogP contribution in [0.1, 0.15) is 23.2 Å². The van der Waals surface area contributed by atoms with Crippen LogP contribution in [0.4, 0.5) is 4.79 Å². The number of aromatic nitrogens is 1. The predicted molar refractivity (Wildman–Crippen MR) is 80.7 cm³/mol. The summed E-state index contributed by atoms with van der Waals surface area (Å²) in [4.78, 5) is 29.2. The van der Waals surface area contributed by atoms with E-state index in [9.17, 15) is 9.59 Å². The molecule has 0 saturated carbocycles. The van der Waals surface area contributed by atoms with Crippen LogP contribution in [0.15, 0.2) is 30.5 Å². The van der Waals surface area contributed by atoms with Gasteiger partial charge in [-0.2, -0.15) is 0 Å². The van der Waals surface area contributed by atoms with Crippen LogP contribution in [-0.2, 0) is 4.74 Å². The average Bonchev–Trinajstić information content (AvgIpc) is 3.13. The molecule has 6 nitrogen and oxygen atoms in total. The van der Waals surface area contributed by atoms with Gasteiger partial charge in [0.1, 0.15) is 5.60 Å². The molecule has 1 unspecified atom stereocenters. The van der Waals surface area contributed by atoms with Crippen molar-refractivity contribution >= 4 is 22.9 Å². The van der Waals surface area contributed by atoms with E-state index < -0.39 is 5.60 Å². The Morgan fingerprint density at radius 2 is 2.23 bits per heavy atom. The summed E-state index contributed by atoms with van der Waals surface area (Å²) in [5.74, 6) is -0.0185. The molecule has 2 N–H and O–H groups in total. The maximum absolute atomic E-state index is 12.9. The Kier molecular flexibility index (Phi) is 2.85. The number of para-hydroxylation sites is 1. The van der Waals surface area contributed by atoms with E-state index in [-0.39, 0.29) is 12.0 Å². The van der Waals surface area contributed by atoms with E-state index in [0.29, 0.717) is 25.2 Å². The van der Waals surface area contributed by atoms with Gasteiger partial charge < -0.3 is 19.9 Å². The smallest absolute Gasteiger partial charge is 0.407 e. The van der Waals surface area contributed by atoms with Crippen LogP contribution < -0.4 is 5.32 Å². The molecule has 2 aliphatic rings. The Balaban J connectivity index is 1.62. The first kappa shape index (κ1) is 13.2. The quantitative estimate of drug-likeness (QED) is 0.844. The Labute approximate surface area is 127 Å². The maximum Gasteiger partial charge on any atom is 0.407 e. The highest BCUT2D eigenvalue weighted by Crippen LogP contribution is 2.29. The van der Waals surface area contributed by atoms with Crippen molar-refractivity contribution < 1.29 is 14.3 Å². The predicted octanol–water partition coefficient (Wildman–Crippen LogP) is 1.88. The molecule has 2 amide bonds. The molecule has 2 aliphatic heterocycles. The average molecular weight is 299 g/mol. The normalized spacial score (nSPS) is 24.5. The third-order valence-corrected chi connectivity index (χ3v) is 4.51. The van der Waals surface area contributed by atoms with E-state index in [0.717, 1.165) is 23.7 Å². The van der Waals surface area contributed by atoms with Gasteiger partial charge in [-0.1, -0.05) is 12.1 Å². The van der Waals surface area contributed by atoms with Crippen molar-refractivity contribution in [3.05, 3.63) is 36.0 Å². The molecule has 3 heterocycles. The zero-order chi connectivity index (χ0) is 15.2. The van der Waals surface area contributed by atoms with Gasteiger partial charge in [0.15, 0.2) is 0 Å². The first-order valence-electron chi connectivity index (χ1n) is 7.49. The number of H-pyrrole nitrogens is 1. The molecule has 1 aromatic carbocycles. The van der Waals surface area contributed by atoms with Crippen LogP contribution in [0.3, 0.4) is 0 Å². The van der Waals surface area contributed by atoms with Crippen LogP contribution in [0, 0.1) is 0 Å². The number of nitrogens with one attached hydrogen (secondary N) is 2. The second kappa shape index (κ2) is 4.76.